The highest BCUT2D eigenvalue weighted by Gasteiger charge is 2.31. The number of thiazole rings is 1. The monoisotopic (exact) mass is 468 g/mol. The minimum absolute atomic E-state index is 0.128. The van der Waals surface area contributed by atoms with Crippen LogP contribution in [-0.4, -0.2) is 65.0 Å². The quantitative estimate of drug-likeness (QED) is 0.594. The molecular weight excluding hydrogens is 449 g/mol. The Hall–Kier alpha value is -3.19. The number of rotatable bonds is 5. The number of anilines is 1. The molecule has 1 atom stereocenters. The van der Waals surface area contributed by atoms with Gasteiger partial charge in [0.1, 0.15) is 12.1 Å². The van der Waals surface area contributed by atoms with Gasteiger partial charge in [0, 0.05) is 25.7 Å². The van der Waals surface area contributed by atoms with Crippen molar-refractivity contribution in [3.8, 4) is 11.6 Å². The number of hydrogen-bond donors (Lipinski definition) is 2. The molecule has 3 heterocycles. The van der Waals surface area contributed by atoms with Gasteiger partial charge in [-0.2, -0.15) is 4.98 Å². The fourth-order valence-electron chi connectivity index (χ4n) is 3.41. The molecule has 0 bridgehead atoms. The third-order valence-electron chi connectivity index (χ3n) is 4.73. The molecule has 0 aliphatic carbocycles. The van der Waals surface area contributed by atoms with E-state index in [0.29, 0.717) is 53.0 Å². The van der Waals surface area contributed by atoms with Gasteiger partial charge in [-0.1, -0.05) is 23.5 Å². The Balaban J connectivity index is 1.39. The van der Waals surface area contributed by atoms with Crippen molar-refractivity contribution in [1.29, 1.82) is 0 Å². The molecule has 1 unspecified atom stereocenters. The van der Waals surface area contributed by atoms with E-state index >= 15 is 0 Å². The lowest BCUT2D eigenvalue weighted by atomic mass is 10.0. The molecule has 0 radical (unpaired) electrons. The van der Waals surface area contributed by atoms with E-state index in [-0.39, 0.29) is 17.8 Å². The predicted octanol–water partition coefficient (Wildman–Crippen LogP) is 3.04. The normalized spacial score (nSPS) is 16.8. The highest BCUT2D eigenvalue weighted by molar-refractivity contribution is 7.22. The van der Waals surface area contributed by atoms with Crippen LogP contribution in [0.2, 0.25) is 0 Å². The zero-order chi connectivity index (χ0) is 22.7. The first-order valence-corrected chi connectivity index (χ1v) is 10.4. The Labute approximate surface area is 184 Å². The summed E-state index contributed by atoms with van der Waals surface area (Å²) < 4.78 is 46.5. The number of benzene rings is 1. The van der Waals surface area contributed by atoms with Gasteiger partial charge < -0.3 is 19.7 Å². The van der Waals surface area contributed by atoms with Gasteiger partial charge in [0.05, 0.1) is 7.11 Å². The number of hydrogen-bond acceptors (Lipinski definition) is 8. The molecule has 13 heteroatoms. The topological polar surface area (TPSA) is 102 Å². The van der Waals surface area contributed by atoms with Gasteiger partial charge in [0.15, 0.2) is 15.5 Å². The third-order valence-corrected chi connectivity index (χ3v) is 5.60. The second-order valence-corrected chi connectivity index (χ2v) is 7.96. The first-order chi connectivity index (χ1) is 15.3. The zero-order valence-corrected chi connectivity index (χ0v) is 17.7. The Kier molecular flexibility index (Phi) is 6.28. The van der Waals surface area contributed by atoms with E-state index in [9.17, 15) is 18.0 Å². The summed E-state index contributed by atoms with van der Waals surface area (Å²) in [4.78, 5) is 27.4. The molecule has 0 spiro atoms. The number of aromatic nitrogens is 3. The van der Waals surface area contributed by atoms with Gasteiger partial charge in [-0.05, 0) is 24.1 Å². The maximum atomic E-state index is 12.7. The van der Waals surface area contributed by atoms with Crippen molar-refractivity contribution < 1.29 is 27.4 Å². The molecule has 4 rings (SSSR count). The number of piperazine rings is 1. The SMILES string of the molecule is COc1ncnc2sc(NC(=O)N3CCNC(Cc4cccc(OC(F)(F)F)c4)C3)nc12. The molecule has 0 saturated carbocycles. The van der Waals surface area contributed by atoms with Gasteiger partial charge in [0.2, 0.25) is 5.88 Å². The predicted molar refractivity (Wildman–Crippen MR) is 111 cm³/mol. The van der Waals surface area contributed by atoms with Crippen LogP contribution < -0.4 is 20.1 Å². The van der Waals surface area contributed by atoms with E-state index in [2.05, 4.69) is 30.3 Å². The number of halogens is 3. The number of nitrogens with zero attached hydrogens (tertiary/aromatic N) is 4. The van der Waals surface area contributed by atoms with E-state index in [1.165, 1.54) is 43.0 Å². The molecular formula is C19H19F3N6O3S. The molecule has 1 aliphatic rings. The van der Waals surface area contributed by atoms with Crippen molar-refractivity contribution in [2.45, 2.75) is 18.8 Å². The summed E-state index contributed by atoms with van der Waals surface area (Å²) in [6, 6.07) is 5.38. The lowest BCUT2D eigenvalue weighted by molar-refractivity contribution is -0.274. The number of urea groups is 1. The molecule has 9 nitrogen and oxygen atoms in total. The number of amides is 2. The molecule has 32 heavy (non-hydrogen) atoms. The molecule has 170 valence electrons. The molecule has 2 N–H and O–H groups in total. The van der Waals surface area contributed by atoms with Crippen LogP contribution in [0, 0.1) is 0 Å². The van der Waals surface area contributed by atoms with Crippen LogP contribution in [0.25, 0.3) is 10.3 Å². The number of alkyl halides is 3. The number of ether oxygens (including phenoxy) is 2. The molecule has 1 fully saturated rings. The Morgan fingerprint density at radius 3 is 3.00 bits per heavy atom. The lowest BCUT2D eigenvalue weighted by Gasteiger charge is -2.33. The number of nitrogens with one attached hydrogen (secondary N) is 2. The first-order valence-electron chi connectivity index (χ1n) is 9.60. The molecule has 3 aromatic rings. The summed E-state index contributed by atoms with van der Waals surface area (Å²) in [6.45, 7) is 1.41. The smallest absolute Gasteiger partial charge is 0.479 e. The summed E-state index contributed by atoms with van der Waals surface area (Å²) in [5.74, 6) is 0.0560. The van der Waals surface area contributed by atoms with Crippen molar-refractivity contribution in [1.82, 2.24) is 25.2 Å². The standard InChI is InChI=1S/C19H19F3N6O3S/c1-30-15-14-16(25-10-24-15)32-17(26-14)27-18(29)28-6-5-23-12(9-28)7-11-3-2-4-13(8-11)31-19(20,21)22/h2-4,8,10,12,23H,5-7,9H2,1H3,(H,26,27,29). The van der Waals surface area contributed by atoms with Gasteiger partial charge in [-0.25, -0.2) is 14.8 Å². The van der Waals surface area contributed by atoms with Crippen LogP contribution in [0.5, 0.6) is 11.6 Å². The average Bonchev–Trinajstić information content (AvgIpc) is 3.15. The van der Waals surface area contributed by atoms with Crippen LogP contribution in [-0.2, 0) is 6.42 Å². The molecule has 2 aromatic heterocycles. The van der Waals surface area contributed by atoms with Gasteiger partial charge in [0.25, 0.3) is 0 Å². The van der Waals surface area contributed by atoms with Crippen molar-refractivity contribution in [2.75, 3.05) is 32.1 Å². The van der Waals surface area contributed by atoms with E-state index in [1.54, 1.807) is 11.0 Å². The summed E-state index contributed by atoms with van der Waals surface area (Å²) in [5.41, 5.74) is 1.14. The summed E-state index contributed by atoms with van der Waals surface area (Å²) in [6.07, 6.45) is -2.94. The summed E-state index contributed by atoms with van der Waals surface area (Å²) in [7, 11) is 1.48. The van der Waals surface area contributed by atoms with Crippen molar-refractivity contribution in [2.24, 2.45) is 0 Å². The van der Waals surface area contributed by atoms with Crippen LogP contribution in [0.15, 0.2) is 30.6 Å². The minimum atomic E-state index is -4.74. The third kappa shape index (κ3) is 5.34. The number of methoxy groups -OCH3 is 1. The van der Waals surface area contributed by atoms with Crippen LogP contribution in [0.1, 0.15) is 5.56 Å². The van der Waals surface area contributed by atoms with Gasteiger partial charge in [-0.3, -0.25) is 5.32 Å². The zero-order valence-electron chi connectivity index (χ0n) is 16.8. The average molecular weight is 468 g/mol. The fraction of sp³-hybridized carbons (Fsp3) is 0.368. The second kappa shape index (κ2) is 9.12. The first kappa shape index (κ1) is 22.0. The Bertz CT molecular complexity index is 1110. The summed E-state index contributed by atoms with van der Waals surface area (Å²) in [5, 5.41) is 6.43. The maximum absolute atomic E-state index is 12.7. The van der Waals surface area contributed by atoms with Gasteiger partial charge in [-0.15, -0.1) is 13.2 Å². The summed E-state index contributed by atoms with van der Waals surface area (Å²) >= 11 is 1.21. The van der Waals surface area contributed by atoms with Crippen molar-refractivity contribution in [3.63, 3.8) is 0 Å². The lowest BCUT2D eigenvalue weighted by Crippen LogP contribution is -2.54. The van der Waals surface area contributed by atoms with E-state index in [1.807, 2.05) is 0 Å². The molecule has 1 aromatic carbocycles. The van der Waals surface area contributed by atoms with Crippen molar-refractivity contribution in [3.05, 3.63) is 36.2 Å². The van der Waals surface area contributed by atoms with E-state index < -0.39 is 6.36 Å². The molecule has 2 amide bonds. The highest BCUT2D eigenvalue weighted by atomic mass is 32.1. The number of fused-ring (bicyclic) bond motifs is 1. The molecule has 1 saturated heterocycles. The largest absolute Gasteiger partial charge is 0.573 e. The van der Waals surface area contributed by atoms with Gasteiger partial charge >= 0.3 is 12.4 Å². The fourth-order valence-corrected chi connectivity index (χ4v) is 4.20. The molecule has 1 aliphatic heterocycles. The highest BCUT2D eigenvalue weighted by Crippen LogP contribution is 2.29. The van der Waals surface area contributed by atoms with E-state index in [0.717, 1.165) is 0 Å². The van der Waals surface area contributed by atoms with Crippen LogP contribution in [0.3, 0.4) is 0 Å². The van der Waals surface area contributed by atoms with Crippen molar-refractivity contribution >= 4 is 32.8 Å². The minimum Gasteiger partial charge on any atom is -0.479 e. The van der Waals surface area contributed by atoms with Crippen LogP contribution >= 0.6 is 11.3 Å². The van der Waals surface area contributed by atoms with E-state index in [4.69, 9.17) is 4.74 Å². The number of carbonyl (C=O) groups is 1. The second-order valence-electron chi connectivity index (χ2n) is 6.98. The number of carbonyl (C=O) groups excluding carboxylic acids is 1. The Morgan fingerprint density at radius 2 is 2.22 bits per heavy atom. The van der Waals surface area contributed by atoms with Crippen LogP contribution in [0.4, 0.5) is 23.1 Å². The maximum Gasteiger partial charge on any atom is 0.573 e. The Morgan fingerprint density at radius 1 is 1.38 bits per heavy atom.